The largest absolute Gasteiger partial charge is 0.380 e. The average molecular weight is 240 g/mol. The Morgan fingerprint density at radius 2 is 1.88 bits per heavy atom. The van der Waals surface area contributed by atoms with E-state index < -0.39 is 0 Å². The van der Waals surface area contributed by atoms with Crippen molar-refractivity contribution in [2.75, 3.05) is 12.4 Å². The van der Waals surface area contributed by atoms with Crippen LogP contribution in [0.5, 0.6) is 0 Å². The second kappa shape index (κ2) is 5.55. The quantitative estimate of drug-likeness (QED) is 0.868. The number of ether oxygens (including phenoxy) is 1. The Bertz CT molecular complexity index is 325. The fourth-order valence-corrected chi connectivity index (χ4v) is 2.43. The van der Waals surface area contributed by atoms with Gasteiger partial charge in [-0.2, -0.15) is 0 Å². The molecule has 0 aliphatic heterocycles. The number of methoxy groups -OCH3 is 1. The van der Waals surface area contributed by atoms with E-state index >= 15 is 0 Å². The molecule has 88 valence electrons. The van der Waals surface area contributed by atoms with Gasteiger partial charge < -0.3 is 10.1 Å². The van der Waals surface area contributed by atoms with Crippen molar-refractivity contribution < 1.29 is 4.74 Å². The molecule has 16 heavy (non-hydrogen) atoms. The summed E-state index contributed by atoms with van der Waals surface area (Å²) >= 11 is 5.86. The Balaban J connectivity index is 1.99. The van der Waals surface area contributed by atoms with E-state index in [1.807, 2.05) is 24.3 Å². The molecule has 1 aliphatic rings. The molecular weight excluding hydrogens is 222 g/mol. The fraction of sp³-hybridized carbons (Fsp3) is 0.538. The summed E-state index contributed by atoms with van der Waals surface area (Å²) in [5.74, 6) is 0. The van der Waals surface area contributed by atoms with Gasteiger partial charge in [-0.15, -0.1) is 0 Å². The van der Waals surface area contributed by atoms with E-state index in [0.29, 0.717) is 12.1 Å². The van der Waals surface area contributed by atoms with Crippen molar-refractivity contribution >= 4 is 17.3 Å². The molecule has 1 aromatic rings. The zero-order chi connectivity index (χ0) is 11.4. The van der Waals surface area contributed by atoms with Gasteiger partial charge in [0, 0.05) is 17.8 Å². The van der Waals surface area contributed by atoms with E-state index in [-0.39, 0.29) is 0 Å². The highest BCUT2D eigenvalue weighted by Crippen LogP contribution is 2.24. The first-order chi connectivity index (χ1) is 7.79. The molecule has 1 saturated carbocycles. The van der Waals surface area contributed by atoms with Crippen LogP contribution in [0, 0.1) is 0 Å². The average Bonchev–Trinajstić information content (AvgIpc) is 2.33. The second-order valence-electron chi connectivity index (χ2n) is 4.32. The van der Waals surface area contributed by atoms with Crippen LogP contribution in [0.15, 0.2) is 24.3 Å². The Morgan fingerprint density at radius 1 is 1.19 bits per heavy atom. The lowest BCUT2D eigenvalue weighted by atomic mass is 9.92. The molecule has 0 aromatic heterocycles. The van der Waals surface area contributed by atoms with Crippen molar-refractivity contribution in [1.29, 1.82) is 0 Å². The first-order valence-corrected chi connectivity index (χ1v) is 6.22. The van der Waals surface area contributed by atoms with Crippen LogP contribution in [0.3, 0.4) is 0 Å². The number of rotatable bonds is 3. The van der Waals surface area contributed by atoms with Gasteiger partial charge in [-0.25, -0.2) is 0 Å². The summed E-state index contributed by atoms with van der Waals surface area (Å²) in [7, 11) is 1.80. The number of benzene rings is 1. The maximum absolute atomic E-state index is 5.86. The van der Waals surface area contributed by atoms with E-state index in [4.69, 9.17) is 16.3 Å². The summed E-state index contributed by atoms with van der Waals surface area (Å²) < 4.78 is 5.51. The van der Waals surface area contributed by atoms with Gasteiger partial charge in [0.1, 0.15) is 0 Å². The number of hydrogen-bond donors (Lipinski definition) is 1. The van der Waals surface area contributed by atoms with Crippen molar-refractivity contribution in [1.82, 2.24) is 0 Å². The first-order valence-electron chi connectivity index (χ1n) is 5.84. The topological polar surface area (TPSA) is 21.3 Å². The van der Waals surface area contributed by atoms with Gasteiger partial charge in [0.05, 0.1) is 12.1 Å². The molecule has 0 bridgehead atoms. The standard InChI is InChI=1S/C13H18ClNO/c1-16-13-5-3-2-4-12(13)15-11-8-6-10(14)7-9-11/h6-9,12-13,15H,2-5H2,1H3. The van der Waals surface area contributed by atoms with Crippen molar-refractivity contribution in [3.8, 4) is 0 Å². The second-order valence-corrected chi connectivity index (χ2v) is 4.75. The third kappa shape index (κ3) is 2.89. The van der Waals surface area contributed by atoms with Crippen molar-refractivity contribution in [3.05, 3.63) is 29.3 Å². The summed E-state index contributed by atoms with van der Waals surface area (Å²) in [6.45, 7) is 0. The van der Waals surface area contributed by atoms with Crippen molar-refractivity contribution in [3.63, 3.8) is 0 Å². The Morgan fingerprint density at radius 3 is 2.56 bits per heavy atom. The molecule has 2 nitrogen and oxygen atoms in total. The SMILES string of the molecule is COC1CCCCC1Nc1ccc(Cl)cc1. The number of anilines is 1. The lowest BCUT2D eigenvalue weighted by Crippen LogP contribution is -2.37. The predicted octanol–water partition coefficient (Wildman–Crippen LogP) is 3.71. The van der Waals surface area contributed by atoms with E-state index in [2.05, 4.69) is 5.32 Å². The van der Waals surface area contributed by atoms with Gasteiger partial charge >= 0.3 is 0 Å². The van der Waals surface area contributed by atoms with E-state index in [9.17, 15) is 0 Å². The van der Waals surface area contributed by atoms with Gasteiger partial charge in [0.25, 0.3) is 0 Å². The Hall–Kier alpha value is -0.730. The molecule has 0 spiro atoms. The lowest BCUT2D eigenvalue weighted by molar-refractivity contribution is 0.0606. The van der Waals surface area contributed by atoms with Crippen LogP contribution in [0.4, 0.5) is 5.69 Å². The Kier molecular flexibility index (Phi) is 4.08. The highest BCUT2D eigenvalue weighted by atomic mass is 35.5. The van der Waals surface area contributed by atoms with Gasteiger partial charge in [-0.1, -0.05) is 24.4 Å². The molecule has 2 atom stereocenters. The van der Waals surface area contributed by atoms with Gasteiger partial charge in [0.15, 0.2) is 0 Å². The molecule has 3 heteroatoms. The number of halogens is 1. The molecule has 1 aliphatic carbocycles. The first kappa shape index (κ1) is 11.7. The summed E-state index contributed by atoms with van der Waals surface area (Å²) in [4.78, 5) is 0. The van der Waals surface area contributed by atoms with Crippen LogP contribution >= 0.6 is 11.6 Å². The van der Waals surface area contributed by atoms with Crippen molar-refractivity contribution in [2.24, 2.45) is 0 Å². The van der Waals surface area contributed by atoms with Crippen molar-refractivity contribution in [2.45, 2.75) is 37.8 Å². The monoisotopic (exact) mass is 239 g/mol. The fourth-order valence-electron chi connectivity index (χ4n) is 2.30. The lowest BCUT2D eigenvalue weighted by Gasteiger charge is -2.31. The molecule has 2 rings (SSSR count). The van der Waals surface area contributed by atoms with Crippen LogP contribution in [-0.2, 0) is 4.74 Å². The highest BCUT2D eigenvalue weighted by molar-refractivity contribution is 6.30. The normalized spacial score (nSPS) is 25.4. The smallest absolute Gasteiger partial charge is 0.0772 e. The van der Waals surface area contributed by atoms with E-state index in [1.54, 1.807) is 7.11 Å². The molecule has 1 fully saturated rings. The molecule has 0 amide bonds. The summed E-state index contributed by atoms with van der Waals surface area (Å²) in [6.07, 6.45) is 5.23. The minimum atomic E-state index is 0.337. The predicted molar refractivity (Wildman–Crippen MR) is 68.1 cm³/mol. The molecule has 0 saturated heterocycles. The molecule has 0 heterocycles. The molecule has 0 radical (unpaired) electrons. The van der Waals surface area contributed by atoms with E-state index in [0.717, 1.165) is 17.1 Å². The van der Waals surface area contributed by atoms with Crippen LogP contribution in [-0.4, -0.2) is 19.3 Å². The molecule has 1 N–H and O–H groups in total. The molecular formula is C13H18ClNO. The minimum Gasteiger partial charge on any atom is -0.380 e. The highest BCUT2D eigenvalue weighted by Gasteiger charge is 2.24. The zero-order valence-electron chi connectivity index (χ0n) is 9.58. The third-order valence-electron chi connectivity index (χ3n) is 3.20. The molecule has 1 aromatic carbocycles. The van der Waals surface area contributed by atoms with E-state index in [1.165, 1.54) is 19.3 Å². The minimum absolute atomic E-state index is 0.337. The van der Waals surface area contributed by atoms with Gasteiger partial charge in [-0.3, -0.25) is 0 Å². The van der Waals surface area contributed by atoms with Gasteiger partial charge in [-0.05, 0) is 37.1 Å². The summed E-state index contributed by atoms with van der Waals surface area (Å²) in [6, 6.07) is 8.29. The summed E-state index contributed by atoms with van der Waals surface area (Å²) in [5, 5.41) is 4.30. The molecule has 2 unspecified atom stereocenters. The number of nitrogens with one attached hydrogen (secondary N) is 1. The van der Waals surface area contributed by atoms with Gasteiger partial charge in [0.2, 0.25) is 0 Å². The Labute approximate surface area is 102 Å². The zero-order valence-corrected chi connectivity index (χ0v) is 10.3. The number of hydrogen-bond acceptors (Lipinski definition) is 2. The van der Waals surface area contributed by atoms with Crippen LogP contribution in [0.25, 0.3) is 0 Å². The van der Waals surface area contributed by atoms with Crippen LogP contribution < -0.4 is 5.32 Å². The maximum atomic E-state index is 5.86. The summed E-state index contributed by atoms with van der Waals surface area (Å²) in [5.41, 5.74) is 1.12. The van der Waals surface area contributed by atoms with Crippen LogP contribution in [0.2, 0.25) is 5.02 Å². The maximum Gasteiger partial charge on any atom is 0.0772 e. The third-order valence-corrected chi connectivity index (χ3v) is 3.45. The van der Waals surface area contributed by atoms with Crippen LogP contribution in [0.1, 0.15) is 25.7 Å².